The van der Waals surface area contributed by atoms with Gasteiger partial charge >= 0.3 is 12.1 Å². The molecule has 1 aliphatic heterocycles. The normalized spacial score (nSPS) is 16.2. The van der Waals surface area contributed by atoms with Gasteiger partial charge in [-0.3, -0.25) is 0 Å². The summed E-state index contributed by atoms with van der Waals surface area (Å²) in [4.78, 5) is 24.3. The molecule has 8 nitrogen and oxygen atoms in total. The van der Waals surface area contributed by atoms with E-state index in [1.54, 1.807) is 36.4 Å². The van der Waals surface area contributed by atoms with Crippen LogP contribution in [-0.2, 0) is 9.47 Å². The highest BCUT2D eigenvalue weighted by Crippen LogP contribution is 2.20. The molecule has 3 N–H and O–H groups in total. The van der Waals surface area contributed by atoms with E-state index < -0.39 is 12.1 Å². The monoisotopic (exact) mass is 520 g/mol. The number of carbonyl (C=O) groups excluding carboxylic acids is 2. The van der Waals surface area contributed by atoms with Gasteiger partial charge in [0.2, 0.25) is 0 Å². The van der Waals surface area contributed by atoms with Crippen LogP contribution in [0.4, 0.5) is 21.0 Å². The Morgan fingerprint density at radius 3 is 2.67 bits per heavy atom. The molecule has 156 valence electrons. The summed E-state index contributed by atoms with van der Waals surface area (Å²) < 4.78 is 11.3. The molecule has 0 saturated carbocycles. The highest BCUT2D eigenvalue weighted by molar-refractivity contribution is 14.1. The van der Waals surface area contributed by atoms with Crippen molar-refractivity contribution in [3.8, 4) is 6.07 Å². The minimum absolute atomic E-state index is 0.209. The number of alkyl carbamates (subject to hydrolysis) is 1. The summed E-state index contributed by atoms with van der Waals surface area (Å²) in [5.41, 5.74) is 2.54. The average Bonchev–Trinajstić information content (AvgIpc) is 3.21. The summed E-state index contributed by atoms with van der Waals surface area (Å²) in [5.74, 6) is 0. The summed E-state index contributed by atoms with van der Waals surface area (Å²) in [7, 11) is 0. The molecule has 30 heavy (non-hydrogen) atoms. The number of nitrogens with one attached hydrogen (secondary N) is 3. The lowest BCUT2D eigenvalue weighted by molar-refractivity contribution is 0.0812. The van der Waals surface area contributed by atoms with Crippen LogP contribution in [-0.4, -0.2) is 31.4 Å². The van der Waals surface area contributed by atoms with Gasteiger partial charge in [0.1, 0.15) is 12.2 Å². The van der Waals surface area contributed by atoms with Gasteiger partial charge in [0.15, 0.2) is 0 Å². The predicted octanol–water partition coefficient (Wildman–Crippen LogP) is 4.38. The van der Waals surface area contributed by atoms with Crippen LogP contribution >= 0.6 is 22.6 Å². The van der Waals surface area contributed by atoms with E-state index in [-0.39, 0.29) is 12.1 Å². The van der Waals surface area contributed by atoms with Crippen LogP contribution < -0.4 is 16.0 Å². The van der Waals surface area contributed by atoms with Crippen LogP contribution in [0.25, 0.3) is 0 Å². The van der Waals surface area contributed by atoms with Gasteiger partial charge in [-0.05, 0) is 65.4 Å². The Hall–Kier alpha value is -2.84. The maximum Gasteiger partial charge on any atom is 0.407 e. The van der Waals surface area contributed by atoms with E-state index in [2.05, 4.69) is 22.0 Å². The molecule has 2 atom stereocenters. The number of benzene rings is 2. The summed E-state index contributed by atoms with van der Waals surface area (Å²) in [6, 6.07) is 13.6. The molecule has 2 aromatic rings. The van der Waals surface area contributed by atoms with Gasteiger partial charge < -0.3 is 25.4 Å². The van der Waals surface area contributed by atoms with Gasteiger partial charge in [0.25, 0.3) is 0 Å². The van der Waals surface area contributed by atoms with Crippen molar-refractivity contribution in [2.75, 3.05) is 23.8 Å². The molecule has 0 bridgehead atoms. The van der Waals surface area contributed by atoms with E-state index in [0.29, 0.717) is 36.6 Å². The second kappa shape index (κ2) is 10.3. The maximum atomic E-state index is 12.3. The molecule has 0 spiro atoms. The second-order valence-electron chi connectivity index (χ2n) is 6.77. The van der Waals surface area contributed by atoms with Gasteiger partial charge in [-0.1, -0.05) is 12.1 Å². The number of amides is 3. The fourth-order valence-electron chi connectivity index (χ4n) is 2.91. The average molecular weight is 520 g/mol. The van der Waals surface area contributed by atoms with E-state index in [0.717, 1.165) is 9.13 Å². The van der Waals surface area contributed by atoms with Crippen LogP contribution in [0.5, 0.6) is 0 Å². The molecule has 0 radical (unpaired) electrons. The van der Waals surface area contributed by atoms with Crippen LogP contribution in [0, 0.1) is 14.9 Å². The van der Waals surface area contributed by atoms with Crippen molar-refractivity contribution >= 4 is 46.1 Å². The lowest BCUT2D eigenvalue weighted by Gasteiger charge is -2.17. The Kier molecular flexibility index (Phi) is 7.48. The lowest BCUT2D eigenvalue weighted by atomic mass is 10.1. The smallest absolute Gasteiger partial charge is 0.407 e. The number of urea groups is 1. The number of rotatable bonds is 5. The van der Waals surface area contributed by atoms with E-state index in [1.807, 2.05) is 35.6 Å². The van der Waals surface area contributed by atoms with E-state index in [4.69, 9.17) is 14.7 Å². The minimum atomic E-state index is -0.496. The zero-order valence-electron chi connectivity index (χ0n) is 16.3. The number of hydrogen-bond acceptors (Lipinski definition) is 5. The molecule has 0 aromatic heterocycles. The number of carbonyl (C=O) groups is 2. The van der Waals surface area contributed by atoms with E-state index in [1.165, 1.54) is 0 Å². The van der Waals surface area contributed by atoms with Crippen molar-refractivity contribution in [2.45, 2.75) is 25.5 Å². The zero-order valence-corrected chi connectivity index (χ0v) is 18.4. The minimum Gasteiger partial charge on any atom is -0.444 e. The molecule has 3 rings (SSSR count). The number of hydrogen-bond donors (Lipinski definition) is 3. The Labute approximate surface area is 188 Å². The third-order valence-corrected chi connectivity index (χ3v) is 5.38. The number of halogens is 1. The number of nitrogens with zero attached hydrogens (tertiary/aromatic N) is 1. The lowest BCUT2D eigenvalue weighted by Crippen LogP contribution is -2.31. The van der Waals surface area contributed by atoms with Crippen LogP contribution in [0.15, 0.2) is 42.5 Å². The molecule has 2 aromatic carbocycles. The number of ether oxygens (including phenoxy) is 2. The first-order valence-electron chi connectivity index (χ1n) is 9.37. The van der Waals surface area contributed by atoms with Gasteiger partial charge in [-0.15, -0.1) is 0 Å². The third-order valence-electron chi connectivity index (χ3n) is 4.49. The highest BCUT2D eigenvalue weighted by atomic mass is 127. The molecule has 1 heterocycles. The quantitative estimate of drug-likeness (QED) is 0.507. The third kappa shape index (κ3) is 6.08. The molecule has 3 amide bonds. The number of nitriles is 1. The zero-order chi connectivity index (χ0) is 21.5. The van der Waals surface area contributed by atoms with Crippen molar-refractivity contribution in [1.29, 1.82) is 5.26 Å². The highest BCUT2D eigenvalue weighted by Gasteiger charge is 2.21. The topological polar surface area (TPSA) is 112 Å². The predicted molar refractivity (Wildman–Crippen MR) is 120 cm³/mol. The summed E-state index contributed by atoms with van der Waals surface area (Å²) in [6.45, 7) is 2.86. The molecule has 1 fully saturated rings. The fraction of sp³-hybridized carbons (Fsp3) is 0.286. The first kappa shape index (κ1) is 21.9. The molecule has 0 unspecified atom stereocenters. The van der Waals surface area contributed by atoms with Crippen LogP contribution in [0.1, 0.15) is 30.5 Å². The van der Waals surface area contributed by atoms with Gasteiger partial charge in [-0.25, -0.2) is 9.59 Å². The SMILES string of the molecule is C[C@H](NC(=O)O[C@H]1CCOC1)c1cccc(NC(=O)Nc2ccc(C#N)c(I)c2)c1. The first-order valence-corrected chi connectivity index (χ1v) is 10.4. The first-order chi connectivity index (χ1) is 14.4. The second-order valence-corrected chi connectivity index (χ2v) is 7.93. The molecular formula is C21H21IN4O4. The summed E-state index contributed by atoms with van der Waals surface area (Å²) in [6.07, 6.45) is -0.00192. The standard InChI is InChI=1S/C21H21IN4O4/c1-13(24-21(28)30-18-7-8-29-12-18)14-3-2-4-16(9-14)25-20(27)26-17-6-5-15(11-23)19(22)10-17/h2-6,9-10,13,18H,7-8,12H2,1H3,(H,24,28)(H2,25,26,27)/t13-,18-/m0/s1. The number of anilines is 2. The van der Waals surface area contributed by atoms with Crippen molar-refractivity contribution in [2.24, 2.45) is 0 Å². The van der Waals surface area contributed by atoms with Crippen molar-refractivity contribution in [1.82, 2.24) is 5.32 Å². The van der Waals surface area contributed by atoms with Crippen molar-refractivity contribution in [3.05, 3.63) is 57.2 Å². The van der Waals surface area contributed by atoms with Crippen LogP contribution in [0.2, 0.25) is 0 Å². The maximum absolute atomic E-state index is 12.3. The van der Waals surface area contributed by atoms with Crippen LogP contribution in [0.3, 0.4) is 0 Å². The van der Waals surface area contributed by atoms with Crippen molar-refractivity contribution in [3.63, 3.8) is 0 Å². The Balaban J connectivity index is 1.56. The molecule has 1 saturated heterocycles. The van der Waals surface area contributed by atoms with E-state index >= 15 is 0 Å². The molecular weight excluding hydrogens is 499 g/mol. The Morgan fingerprint density at radius 2 is 2.00 bits per heavy atom. The van der Waals surface area contributed by atoms with Gasteiger partial charge in [-0.2, -0.15) is 5.26 Å². The molecule has 9 heteroatoms. The van der Waals surface area contributed by atoms with E-state index in [9.17, 15) is 9.59 Å². The van der Waals surface area contributed by atoms with Gasteiger partial charge in [0.05, 0.1) is 24.8 Å². The Morgan fingerprint density at radius 1 is 1.23 bits per heavy atom. The Bertz CT molecular complexity index is 970. The largest absolute Gasteiger partial charge is 0.444 e. The molecule has 0 aliphatic carbocycles. The summed E-state index contributed by atoms with van der Waals surface area (Å²) in [5, 5.41) is 17.3. The van der Waals surface area contributed by atoms with Crippen molar-refractivity contribution < 1.29 is 19.1 Å². The van der Waals surface area contributed by atoms with Gasteiger partial charge in [0, 0.05) is 21.4 Å². The summed E-state index contributed by atoms with van der Waals surface area (Å²) >= 11 is 2.05. The fourth-order valence-corrected chi connectivity index (χ4v) is 3.55. The molecule has 1 aliphatic rings.